The number of methoxy groups -OCH3 is 1. The van der Waals surface area contributed by atoms with Gasteiger partial charge in [0.15, 0.2) is 11.7 Å². The molecule has 0 fully saturated rings. The topological polar surface area (TPSA) is 167 Å². The number of carbonyl (C=O) groups is 4. The van der Waals surface area contributed by atoms with Gasteiger partial charge in [-0.15, -0.1) is 0 Å². The first kappa shape index (κ1) is 30.1. The smallest absolute Gasteiger partial charge is 0.326 e. The standard InChI is InChI=1S/C28H35N5O7/c1-16-7-5-6-8-21(16)32-28(38)33-22-10-9-19(12-25(22)39-4)11-20(35)14-29-15-26-31-23(17(2)40-26)13-24(27(36)37)30-18(3)34/h5-10,12,17,23-24,29H,11,13-15H2,1-4H3,(H,30,34)(H,36,37)(H2,32,33,38). The summed E-state index contributed by atoms with van der Waals surface area (Å²) < 4.78 is 11.1. The summed E-state index contributed by atoms with van der Waals surface area (Å²) >= 11 is 0. The van der Waals surface area contributed by atoms with Gasteiger partial charge >= 0.3 is 12.0 Å². The van der Waals surface area contributed by atoms with Crippen LogP contribution in [0.1, 0.15) is 31.4 Å². The molecule has 3 unspecified atom stereocenters. The summed E-state index contributed by atoms with van der Waals surface area (Å²) in [5, 5.41) is 20.3. The number of carboxylic acid groups (broad SMARTS) is 1. The number of Topliss-reactive ketones (excluding diaryl/α,β-unsaturated/α-hetero) is 1. The van der Waals surface area contributed by atoms with E-state index in [1.165, 1.54) is 14.0 Å². The van der Waals surface area contributed by atoms with E-state index in [4.69, 9.17) is 9.47 Å². The maximum absolute atomic E-state index is 12.6. The number of carbonyl (C=O) groups excluding carboxylic acids is 3. The van der Waals surface area contributed by atoms with Gasteiger partial charge in [-0.2, -0.15) is 0 Å². The Morgan fingerprint density at radius 1 is 1.10 bits per heavy atom. The lowest BCUT2D eigenvalue weighted by Gasteiger charge is -2.18. The number of urea groups is 1. The van der Waals surface area contributed by atoms with Crippen molar-refractivity contribution in [2.24, 2.45) is 4.99 Å². The molecule has 3 rings (SSSR count). The molecule has 0 bridgehead atoms. The highest BCUT2D eigenvalue weighted by Crippen LogP contribution is 2.26. The minimum Gasteiger partial charge on any atom is -0.495 e. The summed E-state index contributed by atoms with van der Waals surface area (Å²) in [5.41, 5.74) is 2.81. The lowest BCUT2D eigenvalue weighted by atomic mass is 10.0. The van der Waals surface area contributed by atoms with Crippen LogP contribution in [0.5, 0.6) is 5.75 Å². The third kappa shape index (κ3) is 8.80. The van der Waals surface area contributed by atoms with E-state index in [-0.39, 0.29) is 37.8 Å². The highest BCUT2D eigenvalue weighted by Gasteiger charge is 2.32. The van der Waals surface area contributed by atoms with E-state index in [0.717, 1.165) is 5.56 Å². The van der Waals surface area contributed by atoms with Gasteiger partial charge < -0.3 is 35.8 Å². The average molecular weight is 554 g/mol. The Bertz CT molecular complexity index is 1280. The van der Waals surface area contributed by atoms with Crippen LogP contribution < -0.4 is 26.0 Å². The molecular weight excluding hydrogens is 518 g/mol. The number of nitrogens with one attached hydrogen (secondary N) is 4. The molecule has 2 aromatic rings. The fourth-order valence-corrected chi connectivity index (χ4v) is 4.19. The average Bonchev–Trinajstić information content (AvgIpc) is 3.24. The monoisotopic (exact) mass is 553 g/mol. The second-order valence-electron chi connectivity index (χ2n) is 9.49. The molecule has 1 heterocycles. The van der Waals surface area contributed by atoms with Crippen LogP contribution in [0.3, 0.4) is 0 Å². The molecular formula is C28H35N5O7. The summed E-state index contributed by atoms with van der Waals surface area (Å²) in [6.07, 6.45) is -0.122. The molecule has 3 amide bonds. The Hall–Kier alpha value is -4.45. The molecule has 3 atom stereocenters. The second-order valence-corrected chi connectivity index (χ2v) is 9.49. The van der Waals surface area contributed by atoms with E-state index in [9.17, 15) is 24.3 Å². The third-order valence-corrected chi connectivity index (χ3v) is 6.23. The number of nitrogens with zero attached hydrogens (tertiary/aromatic N) is 1. The predicted molar refractivity (Wildman–Crippen MR) is 150 cm³/mol. The van der Waals surface area contributed by atoms with Crippen molar-refractivity contribution in [3.8, 4) is 5.75 Å². The molecule has 12 nitrogen and oxygen atoms in total. The Kier molecular flexibility index (Phi) is 10.6. The molecule has 0 radical (unpaired) electrons. The van der Waals surface area contributed by atoms with Crippen LogP contribution in [0.25, 0.3) is 0 Å². The van der Waals surface area contributed by atoms with Gasteiger partial charge in [0, 0.05) is 25.5 Å². The van der Waals surface area contributed by atoms with Crippen LogP contribution in [-0.4, -0.2) is 73.1 Å². The number of aliphatic imine (C=N–C) groups is 1. The van der Waals surface area contributed by atoms with Crippen LogP contribution >= 0.6 is 0 Å². The van der Waals surface area contributed by atoms with Crippen LogP contribution in [0.4, 0.5) is 16.2 Å². The number of aryl methyl sites for hydroxylation is 1. The summed E-state index contributed by atoms with van der Waals surface area (Å²) in [6.45, 7) is 5.19. The number of para-hydroxylation sites is 1. The second kappa shape index (κ2) is 14.1. The fourth-order valence-electron chi connectivity index (χ4n) is 4.19. The highest BCUT2D eigenvalue weighted by atomic mass is 16.5. The minimum atomic E-state index is -1.14. The zero-order chi connectivity index (χ0) is 29.2. The van der Waals surface area contributed by atoms with Gasteiger partial charge in [-0.25, -0.2) is 14.6 Å². The first-order valence-electron chi connectivity index (χ1n) is 12.8. The Morgan fingerprint density at radius 2 is 1.82 bits per heavy atom. The number of carboxylic acids is 1. The lowest BCUT2D eigenvalue weighted by Crippen LogP contribution is -2.42. The van der Waals surface area contributed by atoms with Crippen molar-refractivity contribution >= 4 is 41.0 Å². The summed E-state index contributed by atoms with van der Waals surface area (Å²) in [6, 6.07) is 10.6. The zero-order valence-corrected chi connectivity index (χ0v) is 22.9. The van der Waals surface area contributed by atoms with Crippen LogP contribution in [0, 0.1) is 6.92 Å². The van der Waals surface area contributed by atoms with E-state index >= 15 is 0 Å². The molecule has 1 aliphatic rings. The van der Waals surface area contributed by atoms with E-state index in [2.05, 4.69) is 26.3 Å². The summed E-state index contributed by atoms with van der Waals surface area (Å²) in [5.74, 6) is -0.861. The van der Waals surface area contributed by atoms with Gasteiger partial charge in [0.2, 0.25) is 5.91 Å². The van der Waals surface area contributed by atoms with Gasteiger partial charge in [0.25, 0.3) is 0 Å². The van der Waals surface area contributed by atoms with Gasteiger partial charge in [0.05, 0.1) is 31.9 Å². The van der Waals surface area contributed by atoms with E-state index in [0.29, 0.717) is 28.6 Å². The van der Waals surface area contributed by atoms with Gasteiger partial charge in [0.1, 0.15) is 17.9 Å². The molecule has 0 aromatic heterocycles. The number of rotatable bonds is 13. The minimum absolute atomic E-state index is 0.0617. The molecule has 0 spiro atoms. The number of amides is 3. The van der Waals surface area contributed by atoms with Crippen molar-refractivity contribution in [3.05, 3.63) is 53.6 Å². The van der Waals surface area contributed by atoms with Crippen molar-refractivity contribution in [3.63, 3.8) is 0 Å². The fraction of sp³-hybridized carbons (Fsp3) is 0.393. The number of hydrogen-bond acceptors (Lipinski definition) is 8. The quantitative estimate of drug-likeness (QED) is 0.252. The molecule has 214 valence electrons. The van der Waals surface area contributed by atoms with Crippen molar-refractivity contribution in [1.82, 2.24) is 10.6 Å². The maximum atomic E-state index is 12.6. The molecule has 0 saturated carbocycles. The highest BCUT2D eigenvalue weighted by molar-refractivity contribution is 6.01. The molecule has 12 heteroatoms. The number of ether oxygens (including phenoxy) is 2. The van der Waals surface area contributed by atoms with E-state index in [1.807, 2.05) is 31.2 Å². The van der Waals surface area contributed by atoms with Crippen molar-refractivity contribution in [2.45, 2.75) is 51.8 Å². The lowest BCUT2D eigenvalue weighted by molar-refractivity contribution is -0.141. The predicted octanol–water partition coefficient (Wildman–Crippen LogP) is 2.51. The number of aliphatic carboxylic acids is 1. The van der Waals surface area contributed by atoms with Crippen molar-refractivity contribution in [2.75, 3.05) is 30.8 Å². The Morgan fingerprint density at radius 3 is 2.50 bits per heavy atom. The molecule has 2 aromatic carbocycles. The first-order valence-corrected chi connectivity index (χ1v) is 12.8. The van der Waals surface area contributed by atoms with Crippen LogP contribution in [-0.2, 0) is 25.5 Å². The molecule has 0 saturated heterocycles. The molecule has 0 aliphatic carbocycles. The van der Waals surface area contributed by atoms with E-state index in [1.54, 1.807) is 25.1 Å². The number of hydrogen-bond donors (Lipinski definition) is 5. The van der Waals surface area contributed by atoms with Crippen molar-refractivity contribution < 1.29 is 33.8 Å². The van der Waals surface area contributed by atoms with Crippen molar-refractivity contribution in [1.29, 1.82) is 0 Å². The summed E-state index contributed by atoms with van der Waals surface area (Å²) in [4.78, 5) is 52.1. The maximum Gasteiger partial charge on any atom is 0.326 e. The largest absolute Gasteiger partial charge is 0.495 e. The Labute approximate surface area is 232 Å². The van der Waals surface area contributed by atoms with Crippen LogP contribution in [0.15, 0.2) is 47.5 Å². The SMILES string of the molecule is COc1cc(CC(=O)CNCC2=NC(CC(NC(C)=O)C(=O)O)C(C)O2)ccc1NC(=O)Nc1ccccc1C. The molecule has 40 heavy (non-hydrogen) atoms. The zero-order valence-electron chi connectivity index (χ0n) is 22.9. The first-order chi connectivity index (χ1) is 19.0. The van der Waals surface area contributed by atoms with Gasteiger partial charge in [-0.1, -0.05) is 24.3 Å². The molecule has 1 aliphatic heterocycles. The number of anilines is 2. The van der Waals surface area contributed by atoms with Gasteiger partial charge in [-0.05, 0) is 43.2 Å². The number of ketones is 1. The molecule has 5 N–H and O–H groups in total. The van der Waals surface area contributed by atoms with Crippen LogP contribution in [0.2, 0.25) is 0 Å². The Balaban J connectivity index is 1.49. The normalized spacial score (nSPS) is 16.8. The van der Waals surface area contributed by atoms with E-state index < -0.39 is 30.0 Å². The number of benzene rings is 2. The van der Waals surface area contributed by atoms with Gasteiger partial charge in [-0.3, -0.25) is 9.59 Å². The summed E-state index contributed by atoms with van der Waals surface area (Å²) in [7, 11) is 1.48. The third-order valence-electron chi connectivity index (χ3n) is 6.23.